The molecule has 1 N–H and O–H groups in total. The summed E-state index contributed by atoms with van der Waals surface area (Å²) in [6.45, 7) is 3.98. The van der Waals surface area contributed by atoms with Crippen molar-refractivity contribution in [2.75, 3.05) is 19.0 Å². The Labute approximate surface area is 171 Å². The first kappa shape index (κ1) is 20.7. The average Bonchev–Trinajstić information content (AvgIpc) is 2.72. The molecule has 0 radical (unpaired) electrons. The highest BCUT2D eigenvalue weighted by Gasteiger charge is 2.30. The third-order valence-corrected chi connectivity index (χ3v) is 5.29. The number of piperidine rings is 1. The largest absolute Gasteiger partial charge is 0.493 e. The fourth-order valence-electron chi connectivity index (χ4n) is 3.81. The summed E-state index contributed by atoms with van der Waals surface area (Å²) >= 11 is 0. The molecular formula is C23H28N2O4. The molecule has 2 atom stereocenters. The minimum absolute atomic E-state index is 0.0498. The van der Waals surface area contributed by atoms with Gasteiger partial charge < -0.3 is 19.7 Å². The summed E-state index contributed by atoms with van der Waals surface area (Å²) in [6, 6.07) is 14.6. The zero-order chi connectivity index (χ0) is 20.8. The highest BCUT2D eigenvalue weighted by atomic mass is 16.5. The molecule has 6 heteroatoms. The maximum Gasteiger partial charge on any atom is 0.262 e. The molecule has 0 aliphatic carbocycles. The zero-order valence-corrected chi connectivity index (χ0v) is 17.2. The van der Waals surface area contributed by atoms with E-state index >= 15 is 0 Å². The molecule has 1 aliphatic heterocycles. The molecule has 0 aromatic heterocycles. The number of nitrogens with zero attached hydrogens (tertiary/aromatic N) is 1. The molecule has 29 heavy (non-hydrogen) atoms. The van der Waals surface area contributed by atoms with Crippen molar-refractivity contribution in [3.63, 3.8) is 0 Å². The van der Waals surface area contributed by atoms with Crippen LogP contribution in [0.5, 0.6) is 11.5 Å². The van der Waals surface area contributed by atoms with Crippen molar-refractivity contribution in [1.29, 1.82) is 0 Å². The number of ether oxygens (including phenoxy) is 2. The smallest absolute Gasteiger partial charge is 0.262 e. The number of amides is 2. The van der Waals surface area contributed by atoms with Crippen molar-refractivity contribution >= 4 is 17.5 Å². The second-order valence-electron chi connectivity index (χ2n) is 7.37. The first-order valence-electron chi connectivity index (χ1n) is 9.98. The number of benzene rings is 2. The molecule has 2 amide bonds. The number of rotatable bonds is 6. The van der Waals surface area contributed by atoms with Gasteiger partial charge in [-0.2, -0.15) is 0 Å². The normalized spacial score (nSPS) is 18.8. The number of para-hydroxylation sites is 3. The van der Waals surface area contributed by atoms with Crippen LogP contribution in [0.15, 0.2) is 48.5 Å². The first-order valence-corrected chi connectivity index (χ1v) is 9.98. The summed E-state index contributed by atoms with van der Waals surface area (Å²) in [5.41, 5.74) is 0.995. The fourth-order valence-corrected chi connectivity index (χ4v) is 3.81. The van der Waals surface area contributed by atoms with E-state index in [1.54, 1.807) is 37.4 Å². The molecule has 1 heterocycles. The van der Waals surface area contributed by atoms with E-state index in [1.807, 2.05) is 23.1 Å². The first-order chi connectivity index (χ1) is 14.0. The van der Waals surface area contributed by atoms with E-state index in [0.717, 1.165) is 19.3 Å². The molecule has 2 aromatic carbocycles. The maximum atomic E-state index is 13.2. The van der Waals surface area contributed by atoms with Gasteiger partial charge in [0.25, 0.3) is 11.8 Å². The van der Waals surface area contributed by atoms with Crippen LogP contribution in [-0.2, 0) is 4.79 Å². The van der Waals surface area contributed by atoms with Crippen molar-refractivity contribution < 1.29 is 19.1 Å². The predicted octanol–water partition coefficient (Wildman–Crippen LogP) is 4.12. The highest BCUT2D eigenvalue weighted by Crippen LogP contribution is 2.28. The molecule has 0 bridgehead atoms. The van der Waals surface area contributed by atoms with Gasteiger partial charge >= 0.3 is 0 Å². The van der Waals surface area contributed by atoms with Crippen molar-refractivity contribution in [3.8, 4) is 11.5 Å². The predicted molar refractivity (Wildman–Crippen MR) is 113 cm³/mol. The van der Waals surface area contributed by atoms with Crippen LogP contribution in [0.25, 0.3) is 0 Å². The lowest BCUT2D eigenvalue weighted by Crippen LogP contribution is -2.47. The minimum atomic E-state index is -0.337. The topological polar surface area (TPSA) is 67.9 Å². The quantitative estimate of drug-likeness (QED) is 0.798. The standard InChI is InChI=1S/C23H28N2O4/c1-16-9-8-10-17(2)25(16)23(27)18-11-4-5-12-19(18)24-22(26)15-29-21-14-7-6-13-20(21)28-3/h4-7,11-14,16-17H,8-10,15H2,1-3H3,(H,24,26)/t16-,17-/m0/s1. The lowest BCUT2D eigenvalue weighted by Gasteiger charge is -2.39. The Kier molecular flexibility index (Phi) is 6.75. The number of anilines is 1. The van der Waals surface area contributed by atoms with E-state index in [1.165, 1.54) is 0 Å². The van der Waals surface area contributed by atoms with Crippen LogP contribution >= 0.6 is 0 Å². The number of hydrogen-bond donors (Lipinski definition) is 1. The molecule has 0 saturated carbocycles. The van der Waals surface area contributed by atoms with Gasteiger partial charge in [-0.25, -0.2) is 0 Å². The second-order valence-corrected chi connectivity index (χ2v) is 7.37. The van der Waals surface area contributed by atoms with Gasteiger partial charge in [-0.15, -0.1) is 0 Å². The Morgan fingerprint density at radius 2 is 1.62 bits per heavy atom. The summed E-state index contributed by atoms with van der Waals surface area (Å²) in [6.07, 6.45) is 3.12. The fraction of sp³-hybridized carbons (Fsp3) is 0.391. The second kappa shape index (κ2) is 9.45. The van der Waals surface area contributed by atoms with Gasteiger partial charge in [-0.3, -0.25) is 9.59 Å². The number of hydrogen-bond acceptors (Lipinski definition) is 4. The molecule has 2 aromatic rings. The van der Waals surface area contributed by atoms with Crippen LogP contribution in [0, 0.1) is 0 Å². The lowest BCUT2D eigenvalue weighted by atomic mass is 9.96. The van der Waals surface area contributed by atoms with Crippen LogP contribution in [0.3, 0.4) is 0 Å². The summed E-state index contributed by atoms with van der Waals surface area (Å²) in [7, 11) is 1.55. The minimum Gasteiger partial charge on any atom is -0.493 e. The van der Waals surface area contributed by atoms with Gasteiger partial charge in [-0.05, 0) is 57.4 Å². The van der Waals surface area contributed by atoms with E-state index in [0.29, 0.717) is 22.7 Å². The molecular weight excluding hydrogens is 368 g/mol. The molecule has 1 fully saturated rings. The van der Waals surface area contributed by atoms with Gasteiger partial charge in [0.05, 0.1) is 18.4 Å². The van der Waals surface area contributed by atoms with Crippen molar-refractivity contribution in [3.05, 3.63) is 54.1 Å². The van der Waals surface area contributed by atoms with Crippen molar-refractivity contribution in [2.24, 2.45) is 0 Å². The van der Waals surface area contributed by atoms with Crippen molar-refractivity contribution in [2.45, 2.75) is 45.2 Å². The van der Waals surface area contributed by atoms with E-state index in [9.17, 15) is 9.59 Å². The van der Waals surface area contributed by atoms with Gasteiger partial charge in [0, 0.05) is 12.1 Å². The monoisotopic (exact) mass is 396 g/mol. The van der Waals surface area contributed by atoms with E-state index in [4.69, 9.17) is 9.47 Å². The Balaban J connectivity index is 1.70. The maximum absolute atomic E-state index is 13.2. The van der Waals surface area contributed by atoms with E-state index in [2.05, 4.69) is 19.2 Å². The van der Waals surface area contributed by atoms with Crippen LogP contribution in [0.2, 0.25) is 0 Å². The van der Waals surface area contributed by atoms with E-state index in [-0.39, 0.29) is 30.5 Å². The number of methoxy groups -OCH3 is 1. The van der Waals surface area contributed by atoms with Crippen LogP contribution in [0.4, 0.5) is 5.69 Å². The molecule has 154 valence electrons. The summed E-state index contributed by atoms with van der Waals surface area (Å²) < 4.78 is 10.8. The number of likely N-dealkylation sites (tertiary alicyclic amines) is 1. The molecule has 6 nitrogen and oxygen atoms in total. The van der Waals surface area contributed by atoms with Crippen LogP contribution < -0.4 is 14.8 Å². The third-order valence-electron chi connectivity index (χ3n) is 5.29. The molecule has 1 saturated heterocycles. The van der Waals surface area contributed by atoms with Crippen molar-refractivity contribution in [1.82, 2.24) is 4.90 Å². The highest BCUT2D eigenvalue weighted by molar-refractivity contribution is 6.04. The SMILES string of the molecule is COc1ccccc1OCC(=O)Nc1ccccc1C(=O)N1[C@@H](C)CCC[C@@H]1C. The Bertz CT molecular complexity index is 857. The summed E-state index contributed by atoms with van der Waals surface area (Å²) in [5, 5.41) is 2.82. The number of carbonyl (C=O) groups is 2. The summed E-state index contributed by atoms with van der Waals surface area (Å²) in [5.74, 6) is 0.663. The Morgan fingerprint density at radius 1 is 1.00 bits per heavy atom. The Hall–Kier alpha value is -3.02. The van der Waals surface area contributed by atoms with E-state index < -0.39 is 0 Å². The van der Waals surface area contributed by atoms with Gasteiger partial charge in [0.2, 0.25) is 0 Å². The average molecular weight is 396 g/mol. The Morgan fingerprint density at radius 3 is 2.31 bits per heavy atom. The molecule has 0 spiro atoms. The molecule has 1 aliphatic rings. The van der Waals surface area contributed by atoms with Crippen LogP contribution in [0.1, 0.15) is 43.5 Å². The number of nitrogens with one attached hydrogen (secondary N) is 1. The van der Waals surface area contributed by atoms with Gasteiger partial charge in [0.1, 0.15) is 0 Å². The third kappa shape index (κ3) is 4.88. The zero-order valence-electron chi connectivity index (χ0n) is 17.2. The number of carbonyl (C=O) groups excluding carboxylic acids is 2. The summed E-state index contributed by atoms with van der Waals surface area (Å²) in [4.78, 5) is 27.6. The molecule has 3 rings (SSSR count). The van der Waals surface area contributed by atoms with Gasteiger partial charge in [0.15, 0.2) is 18.1 Å². The van der Waals surface area contributed by atoms with Gasteiger partial charge in [-0.1, -0.05) is 24.3 Å². The lowest BCUT2D eigenvalue weighted by molar-refractivity contribution is -0.118. The van der Waals surface area contributed by atoms with Crippen LogP contribution in [-0.4, -0.2) is 42.5 Å². The molecule has 0 unspecified atom stereocenters.